The molecular formula is C16H11FN6O4S. The molecule has 0 spiro atoms. The van der Waals surface area contributed by atoms with E-state index in [1.807, 2.05) is 0 Å². The van der Waals surface area contributed by atoms with E-state index in [1.165, 1.54) is 22.9 Å². The number of fused-ring (bicyclic) bond motifs is 1. The van der Waals surface area contributed by atoms with Gasteiger partial charge in [-0.25, -0.2) is 12.8 Å². The minimum atomic E-state index is -4.24. The molecule has 2 heterocycles. The van der Waals surface area contributed by atoms with Crippen molar-refractivity contribution in [1.29, 1.82) is 0 Å². The topological polar surface area (TPSA) is 136 Å². The van der Waals surface area contributed by atoms with Crippen molar-refractivity contribution < 1.29 is 22.4 Å². The lowest BCUT2D eigenvalue weighted by atomic mass is 10.1. The van der Waals surface area contributed by atoms with E-state index in [0.717, 1.165) is 18.2 Å². The highest BCUT2D eigenvalue weighted by molar-refractivity contribution is 7.92. The molecule has 0 fully saturated rings. The summed E-state index contributed by atoms with van der Waals surface area (Å²) in [6, 6.07) is 7.14. The minimum Gasteiger partial charge on any atom is -0.288 e. The standard InChI is InChI=1S/C16H11FN6O4S/c1-8-19-21-22-23(8)9-2-5-13(17)14(6-9)20-28(26,27)10-3-4-11-12(7-10)16(25)18-15(11)24/h2-7,20H,1H3,(H,18,24,25). The highest BCUT2D eigenvalue weighted by Gasteiger charge is 2.29. The van der Waals surface area contributed by atoms with Crippen LogP contribution in [0.3, 0.4) is 0 Å². The van der Waals surface area contributed by atoms with Gasteiger partial charge >= 0.3 is 0 Å². The Labute approximate surface area is 157 Å². The number of carbonyl (C=O) groups excluding carboxylic acids is 2. The molecule has 28 heavy (non-hydrogen) atoms. The third-order valence-corrected chi connectivity index (χ3v) is 5.45. The van der Waals surface area contributed by atoms with Gasteiger partial charge in [-0.1, -0.05) is 0 Å². The molecule has 10 nitrogen and oxygen atoms in total. The van der Waals surface area contributed by atoms with E-state index in [1.54, 1.807) is 6.92 Å². The molecule has 1 aliphatic heterocycles. The Hall–Kier alpha value is -3.67. The fourth-order valence-corrected chi connectivity index (χ4v) is 3.80. The monoisotopic (exact) mass is 402 g/mol. The maximum atomic E-state index is 14.2. The van der Waals surface area contributed by atoms with Gasteiger partial charge in [-0.05, 0) is 53.7 Å². The maximum absolute atomic E-state index is 14.2. The summed E-state index contributed by atoms with van der Waals surface area (Å²) in [5, 5.41) is 13.0. The van der Waals surface area contributed by atoms with Crippen LogP contribution in [-0.4, -0.2) is 40.4 Å². The van der Waals surface area contributed by atoms with Crippen LogP contribution in [0.4, 0.5) is 10.1 Å². The number of rotatable bonds is 4. The van der Waals surface area contributed by atoms with E-state index in [-0.39, 0.29) is 21.7 Å². The number of hydrogen-bond acceptors (Lipinski definition) is 7. The van der Waals surface area contributed by atoms with Crippen LogP contribution < -0.4 is 10.0 Å². The number of nitrogens with one attached hydrogen (secondary N) is 2. The predicted molar refractivity (Wildman–Crippen MR) is 92.9 cm³/mol. The fraction of sp³-hybridized carbons (Fsp3) is 0.0625. The van der Waals surface area contributed by atoms with Crippen molar-refractivity contribution in [2.45, 2.75) is 11.8 Å². The lowest BCUT2D eigenvalue weighted by molar-refractivity contribution is 0.0879. The first-order chi connectivity index (χ1) is 13.3. The van der Waals surface area contributed by atoms with Gasteiger partial charge in [-0.2, -0.15) is 4.68 Å². The number of halogens is 1. The van der Waals surface area contributed by atoms with E-state index in [2.05, 4.69) is 25.6 Å². The SMILES string of the molecule is Cc1nnnn1-c1ccc(F)c(NS(=O)(=O)c2ccc3c(c2)C(=O)NC3=O)c1. The Morgan fingerprint density at radius 1 is 1.07 bits per heavy atom. The van der Waals surface area contributed by atoms with Crippen LogP contribution in [0.15, 0.2) is 41.3 Å². The third kappa shape index (κ3) is 2.89. The van der Waals surface area contributed by atoms with Crippen LogP contribution in [0, 0.1) is 12.7 Å². The summed E-state index contributed by atoms with van der Waals surface area (Å²) in [5.74, 6) is -1.69. The first kappa shape index (κ1) is 17.7. The Bertz CT molecular complexity index is 1250. The number of imide groups is 1. The Kier molecular flexibility index (Phi) is 3.92. The van der Waals surface area contributed by atoms with E-state index >= 15 is 0 Å². The lowest BCUT2D eigenvalue weighted by Gasteiger charge is -2.11. The molecule has 142 valence electrons. The average Bonchev–Trinajstić information content (AvgIpc) is 3.20. The number of amides is 2. The molecule has 0 saturated heterocycles. The number of sulfonamides is 1. The van der Waals surface area contributed by atoms with Gasteiger partial charge in [0.05, 0.1) is 27.4 Å². The van der Waals surface area contributed by atoms with E-state index in [4.69, 9.17) is 0 Å². The first-order valence-corrected chi connectivity index (χ1v) is 9.32. The van der Waals surface area contributed by atoms with E-state index in [9.17, 15) is 22.4 Å². The normalized spacial score (nSPS) is 13.4. The van der Waals surface area contributed by atoms with Crippen LogP contribution >= 0.6 is 0 Å². The highest BCUT2D eigenvalue weighted by atomic mass is 32.2. The van der Waals surface area contributed by atoms with E-state index in [0.29, 0.717) is 11.5 Å². The predicted octanol–water partition coefficient (Wildman–Crippen LogP) is 0.794. The molecule has 2 aromatic carbocycles. The van der Waals surface area contributed by atoms with Crippen molar-refractivity contribution >= 4 is 27.5 Å². The molecule has 0 unspecified atom stereocenters. The Balaban J connectivity index is 1.71. The third-order valence-electron chi connectivity index (χ3n) is 4.08. The van der Waals surface area contributed by atoms with Crippen LogP contribution in [0.1, 0.15) is 26.5 Å². The van der Waals surface area contributed by atoms with Gasteiger partial charge in [0.25, 0.3) is 21.8 Å². The maximum Gasteiger partial charge on any atom is 0.262 e. The molecule has 2 N–H and O–H groups in total. The number of benzene rings is 2. The van der Waals surface area contributed by atoms with Crippen molar-refractivity contribution in [3.05, 3.63) is 59.2 Å². The Morgan fingerprint density at radius 3 is 2.54 bits per heavy atom. The summed E-state index contributed by atoms with van der Waals surface area (Å²) in [7, 11) is -4.24. The summed E-state index contributed by atoms with van der Waals surface area (Å²) in [6.45, 7) is 1.63. The van der Waals surface area contributed by atoms with Crippen LogP contribution in [0.2, 0.25) is 0 Å². The van der Waals surface area contributed by atoms with Crippen molar-refractivity contribution in [3.63, 3.8) is 0 Å². The molecule has 0 saturated carbocycles. The number of aryl methyl sites for hydroxylation is 1. The second-order valence-corrected chi connectivity index (χ2v) is 7.58. The first-order valence-electron chi connectivity index (χ1n) is 7.84. The molecule has 0 radical (unpaired) electrons. The molecule has 0 bridgehead atoms. The number of aromatic nitrogens is 4. The van der Waals surface area contributed by atoms with Crippen LogP contribution in [-0.2, 0) is 10.0 Å². The van der Waals surface area contributed by atoms with Gasteiger partial charge in [-0.15, -0.1) is 5.10 Å². The summed E-state index contributed by atoms with van der Waals surface area (Å²) in [6.07, 6.45) is 0. The fourth-order valence-electron chi connectivity index (χ4n) is 2.71. The molecule has 1 aromatic heterocycles. The van der Waals surface area contributed by atoms with Gasteiger partial charge in [0.2, 0.25) is 0 Å². The molecule has 1 aliphatic rings. The summed E-state index contributed by atoms with van der Waals surface area (Å²) in [5.41, 5.74) is 0.0339. The van der Waals surface area contributed by atoms with Gasteiger partial charge in [0.15, 0.2) is 5.82 Å². The quantitative estimate of drug-likeness (QED) is 0.616. The van der Waals surface area contributed by atoms with Gasteiger partial charge in [0.1, 0.15) is 5.82 Å². The molecule has 12 heteroatoms. The summed E-state index contributed by atoms with van der Waals surface area (Å²) < 4.78 is 43.0. The number of hydrogen-bond donors (Lipinski definition) is 2. The van der Waals surface area contributed by atoms with Crippen molar-refractivity contribution in [2.75, 3.05) is 4.72 Å². The molecule has 0 aliphatic carbocycles. The van der Waals surface area contributed by atoms with Crippen LogP contribution in [0.25, 0.3) is 5.69 Å². The van der Waals surface area contributed by atoms with Gasteiger partial charge in [0, 0.05) is 0 Å². The van der Waals surface area contributed by atoms with Gasteiger partial charge in [-0.3, -0.25) is 19.6 Å². The molecule has 4 rings (SSSR count). The number of anilines is 1. The number of tetrazole rings is 1. The second-order valence-electron chi connectivity index (χ2n) is 5.90. The Morgan fingerprint density at radius 2 is 1.82 bits per heavy atom. The summed E-state index contributed by atoms with van der Waals surface area (Å²) >= 11 is 0. The summed E-state index contributed by atoms with van der Waals surface area (Å²) in [4.78, 5) is 23.0. The smallest absolute Gasteiger partial charge is 0.262 e. The zero-order valence-electron chi connectivity index (χ0n) is 14.2. The zero-order chi connectivity index (χ0) is 20.1. The van der Waals surface area contributed by atoms with Crippen LogP contribution in [0.5, 0.6) is 0 Å². The number of nitrogens with zero attached hydrogens (tertiary/aromatic N) is 4. The second kappa shape index (κ2) is 6.20. The highest BCUT2D eigenvalue weighted by Crippen LogP contribution is 2.25. The van der Waals surface area contributed by atoms with Crippen molar-refractivity contribution in [1.82, 2.24) is 25.5 Å². The van der Waals surface area contributed by atoms with Gasteiger partial charge < -0.3 is 0 Å². The van der Waals surface area contributed by atoms with Crippen molar-refractivity contribution in [2.24, 2.45) is 0 Å². The zero-order valence-corrected chi connectivity index (χ0v) is 15.0. The average molecular weight is 402 g/mol. The minimum absolute atomic E-state index is 0.0635. The molecule has 3 aromatic rings. The largest absolute Gasteiger partial charge is 0.288 e. The van der Waals surface area contributed by atoms with E-state index < -0.39 is 27.7 Å². The molecular weight excluding hydrogens is 391 g/mol. The number of carbonyl (C=O) groups is 2. The molecule has 0 atom stereocenters. The molecule has 2 amide bonds. The lowest BCUT2D eigenvalue weighted by Crippen LogP contribution is -2.20. The van der Waals surface area contributed by atoms with Crippen molar-refractivity contribution in [3.8, 4) is 5.69 Å².